The first kappa shape index (κ1) is 25.9. The summed E-state index contributed by atoms with van der Waals surface area (Å²) in [5.74, 6) is -4.46. The van der Waals surface area contributed by atoms with Crippen LogP contribution in [0.25, 0.3) is 0 Å². The molecule has 3 fully saturated rings. The highest BCUT2D eigenvalue weighted by Gasteiger charge is 2.68. The van der Waals surface area contributed by atoms with Gasteiger partial charge in [-0.25, -0.2) is 0 Å². The summed E-state index contributed by atoms with van der Waals surface area (Å²) in [6, 6.07) is 8.19. The molecule has 2 N–H and O–H groups in total. The number of carbonyl (C=O) groups is 5. The summed E-state index contributed by atoms with van der Waals surface area (Å²) in [6.07, 6.45) is 1.92. The van der Waals surface area contributed by atoms with Crippen LogP contribution in [0.3, 0.4) is 0 Å². The largest absolute Gasteiger partial charge is 0.393 e. The fourth-order valence-corrected chi connectivity index (χ4v) is 8.47. The zero-order valence-corrected chi connectivity index (χ0v) is 21.3. The molecule has 1 aromatic carbocycles. The zero-order chi connectivity index (χ0) is 26.7. The van der Waals surface area contributed by atoms with E-state index >= 15 is 0 Å². The third-order valence-electron chi connectivity index (χ3n) is 10.1. The van der Waals surface area contributed by atoms with Gasteiger partial charge in [-0.15, -0.1) is 0 Å². The van der Waals surface area contributed by atoms with Crippen LogP contribution in [0.5, 0.6) is 0 Å². The predicted octanol–water partition coefficient (Wildman–Crippen LogP) is 3.06. The number of benzene rings is 1. The van der Waals surface area contributed by atoms with Crippen LogP contribution >= 0.6 is 0 Å². The Morgan fingerprint density at radius 2 is 1.73 bits per heavy atom. The molecule has 0 radical (unpaired) electrons. The molecule has 4 aliphatic carbocycles. The lowest BCUT2D eigenvalue weighted by Gasteiger charge is -2.59. The van der Waals surface area contributed by atoms with Gasteiger partial charge in [-0.3, -0.25) is 24.0 Å². The van der Waals surface area contributed by atoms with Crippen molar-refractivity contribution < 1.29 is 34.2 Å². The maximum atomic E-state index is 14.2. The summed E-state index contributed by atoms with van der Waals surface area (Å²) in [7, 11) is 0. The molecule has 1 aromatic rings. The lowest BCUT2D eigenvalue weighted by Crippen LogP contribution is -2.61. The second-order valence-electron chi connectivity index (χ2n) is 11.8. The third-order valence-corrected chi connectivity index (χ3v) is 10.1. The number of carbonyl (C=O) groups excluding carboxylic acids is 5. The van der Waals surface area contributed by atoms with Crippen LogP contribution in [0.1, 0.15) is 69.2 Å². The van der Waals surface area contributed by atoms with E-state index in [9.17, 15) is 34.2 Å². The second kappa shape index (κ2) is 9.21. The van der Waals surface area contributed by atoms with Crippen molar-refractivity contribution in [2.45, 2.75) is 71.0 Å². The third kappa shape index (κ3) is 3.81. The average Bonchev–Trinajstić information content (AvgIpc) is 3.27. The van der Waals surface area contributed by atoms with E-state index in [1.165, 1.54) is 0 Å². The predicted molar refractivity (Wildman–Crippen MR) is 133 cm³/mol. The molecule has 4 aliphatic rings. The molecule has 0 aliphatic heterocycles. The molecule has 8 atom stereocenters. The summed E-state index contributed by atoms with van der Waals surface area (Å²) in [5, 5.41) is 22.1. The Morgan fingerprint density at radius 3 is 2.41 bits per heavy atom. The van der Waals surface area contributed by atoms with Crippen molar-refractivity contribution in [3.63, 3.8) is 0 Å². The maximum Gasteiger partial charge on any atom is 0.229 e. The fraction of sp³-hybridized carbons (Fsp3) is 0.567. The number of hydrogen-bond donors (Lipinski definition) is 2. The van der Waals surface area contributed by atoms with Gasteiger partial charge in [-0.05, 0) is 74.7 Å². The van der Waals surface area contributed by atoms with Gasteiger partial charge in [0.25, 0.3) is 0 Å². The molecular formula is C30H34O7. The summed E-state index contributed by atoms with van der Waals surface area (Å²) in [4.78, 5) is 65.3. The molecule has 0 heterocycles. The fourth-order valence-electron chi connectivity index (χ4n) is 8.47. The minimum absolute atomic E-state index is 0.0753. The first-order valence-corrected chi connectivity index (χ1v) is 13.3. The summed E-state index contributed by atoms with van der Waals surface area (Å²) < 4.78 is 0. The van der Waals surface area contributed by atoms with Gasteiger partial charge in [-0.1, -0.05) is 42.8 Å². The molecule has 37 heavy (non-hydrogen) atoms. The van der Waals surface area contributed by atoms with Crippen molar-refractivity contribution in [1.29, 1.82) is 0 Å². The van der Waals surface area contributed by atoms with Crippen molar-refractivity contribution in [1.82, 2.24) is 0 Å². The normalized spacial score (nSPS) is 37.5. The van der Waals surface area contributed by atoms with E-state index in [0.29, 0.717) is 32.1 Å². The minimum atomic E-state index is -1.86. The molecule has 0 saturated heterocycles. The Balaban J connectivity index is 1.60. The van der Waals surface area contributed by atoms with Gasteiger partial charge in [0.05, 0.1) is 11.5 Å². The van der Waals surface area contributed by atoms with E-state index in [1.54, 1.807) is 36.4 Å². The zero-order valence-electron chi connectivity index (χ0n) is 21.3. The molecule has 7 nitrogen and oxygen atoms in total. The first-order valence-electron chi connectivity index (χ1n) is 13.3. The van der Waals surface area contributed by atoms with Gasteiger partial charge in [0.1, 0.15) is 0 Å². The van der Waals surface area contributed by atoms with Crippen LogP contribution in [-0.4, -0.2) is 51.3 Å². The number of fused-ring (bicyclic) bond motifs is 5. The Kier molecular flexibility index (Phi) is 6.44. The van der Waals surface area contributed by atoms with Gasteiger partial charge >= 0.3 is 0 Å². The van der Waals surface area contributed by atoms with E-state index in [4.69, 9.17) is 0 Å². The van der Waals surface area contributed by atoms with Crippen molar-refractivity contribution >= 4 is 28.9 Å². The highest BCUT2D eigenvalue weighted by molar-refractivity contribution is 6.46. The van der Waals surface area contributed by atoms with Crippen molar-refractivity contribution in [3.05, 3.63) is 47.5 Å². The van der Waals surface area contributed by atoms with Crippen LogP contribution < -0.4 is 0 Å². The average molecular weight is 507 g/mol. The number of ketones is 5. The minimum Gasteiger partial charge on any atom is -0.393 e. The number of aliphatic hydroxyl groups is 2. The molecule has 1 unspecified atom stereocenters. The number of hydrogen-bond acceptors (Lipinski definition) is 7. The van der Waals surface area contributed by atoms with E-state index < -0.39 is 52.1 Å². The monoisotopic (exact) mass is 506 g/mol. The molecule has 7 heteroatoms. The van der Waals surface area contributed by atoms with Crippen LogP contribution in [0.15, 0.2) is 42.0 Å². The van der Waals surface area contributed by atoms with E-state index in [2.05, 4.69) is 6.92 Å². The molecule has 3 saturated carbocycles. The van der Waals surface area contributed by atoms with Gasteiger partial charge < -0.3 is 10.2 Å². The lowest BCUT2D eigenvalue weighted by molar-refractivity contribution is -0.164. The highest BCUT2D eigenvalue weighted by Crippen LogP contribution is 2.67. The maximum absolute atomic E-state index is 14.2. The Hall–Kier alpha value is -2.77. The Labute approximate surface area is 216 Å². The Bertz CT molecular complexity index is 1200. The first-order chi connectivity index (χ1) is 17.5. The van der Waals surface area contributed by atoms with Gasteiger partial charge in [-0.2, -0.15) is 0 Å². The molecule has 0 bridgehead atoms. The smallest absolute Gasteiger partial charge is 0.229 e. The van der Waals surface area contributed by atoms with Gasteiger partial charge in [0.2, 0.25) is 11.6 Å². The topological polar surface area (TPSA) is 126 Å². The molecular weight excluding hydrogens is 472 g/mol. The number of aliphatic hydroxyl groups excluding tert-OH is 2. The standard InChI is InChI=1S/C30H34O7/c1-16(31)25(34)27(36)22-11-10-21-20-9-8-18-14-19(32)12-13-29(18,2)24(20)23(33)15-30(21,22)28(37)26(35)17-6-4-3-5-7-17/h3-7,14,20-25,33-34H,8-13,15H2,1-2H3/t20-,21-,22+,23-,24+,25?,29-,30+/m0/s1. The summed E-state index contributed by atoms with van der Waals surface area (Å²) in [6.45, 7) is 3.22. The Morgan fingerprint density at radius 1 is 1.03 bits per heavy atom. The van der Waals surface area contributed by atoms with Crippen molar-refractivity contribution in [2.75, 3.05) is 0 Å². The molecule has 5 rings (SSSR count). The van der Waals surface area contributed by atoms with Gasteiger partial charge in [0, 0.05) is 17.9 Å². The van der Waals surface area contributed by atoms with Gasteiger partial charge in [0.15, 0.2) is 23.5 Å². The van der Waals surface area contributed by atoms with Crippen molar-refractivity contribution in [2.24, 2.45) is 34.5 Å². The number of Topliss-reactive ketones (excluding diaryl/α,β-unsaturated/α-hetero) is 4. The van der Waals surface area contributed by atoms with Crippen LogP contribution in [0.4, 0.5) is 0 Å². The van der Waals surface area contributed by atoms with Crippen LogP contribution in [-0.2, 0) is 19.2 Å². The highest BCUT2D eigenvalue weighted by atomic mass is 16.3. The quantitative estimate of drug-likeness (QED) is 0.345. The van der Waals surface area contributed by atoms with Crippen LogP contribution in [0, 0.1) is 34.5 Å². The summed E-state index contributed by atoms with van der Waals surface area (Å²) in [5.41, 5.74) is -0.617. The second-order valence-corrected chi connectivity index (χ2v) is 11.8. The van der Waals surface area contributed by atoms with Crippen molar-refractivity contribution in [3.8, 4) is 0 Å². The van der Waals surface area contributed by atoms with E-state index in [1.807, 2.05) is 0 Å². The van der Waals surface area contributed by atoms with E-state index in [0.717, 1.165) is 12.5 Å². The molecule has 0 spiro atoms. The SMILES string of the molecule is CC(=O)C(O)C(=O)[C@H]1CC[C@H]2[C@@H]3CCC4=CC(=O)CC[C@]4(C)[C@H]3[C@@H](O)C[C@]12C(=O)C(=O)c1ccccc1. The number of allylic oxidation sites excluding steroid dienone is 1. The molecule has 196 valence electrons. The summed E-state index contributed by atoms with van der Waals surface area (Å²) >= 11 is 0. The lowest BCUT2D eigenvalue weighted by atomic mass is 9.44. The molecule has 0 amide bonds. The van der Waals surface area contributed by atoms with Crippen LogP contribution in [0.2, 0.25) is 0 Å². The van der Waals surface area contributed by atoms with E-state index in [-0.39, 0.29) is 41.9 Å². The number of rotatable bonds is 6. The molecule has 0 aromatic heterocycles.